The number of rotatable bonds is 7. The van der Waals surface area contributed by atoms with Crippen molar-refractivity contribution in [3.8, 4) is 0 Å². The molecule has 0 fully saturated rings. The van der Waals surface area contributed by atoms with Gasteiger partial charge in [0.1, 0.15) is 0 Å². The number of benzene rings is 1. The van der Waals surface area contributed by atoms with Crippen molar-refractivity contribution in [2.75, 3.05) is 6.54 Å². The number of carboxylic acids is 1. The van der Waals surface area contributed by atoms with Crippen molar-refractivity contribution < 1.29 is 9.90 Å². The first-order valence-electron chi connectivity index (χ1n) is 7.12. The van der Waals surface area contributed by atoms with E-state index in [-0.39, 0.29) is 6.54 Å². The minimum atomic E-state index is -1.17. The van der Waals surface area contributed by atoms with Gasteiger partial charge in [-0.05, 0) is 31.5 Å². The maximum absolute atomic E-state index is 12.1. The molecule has 5 nitrogen and oxygen atoms in total. The lowest BCUT2D eigenvalue weighted by atomic mass is 9.89. The number of aliphatic carboxylic acids is 1. The summed E-state index contributed by atoms with van der Waals surface area (Å²) in [6.45, 7) is 4.82. The molecule has 0 spiro atoms. The molecule has 0 radical (unpaired) electrons. The lowest BCUT2D eigenvalue weighted by Gasteiger charge is -2.31. The van der Waals surface area contributed by atoms with E-state index >= 15 is 0 Å². The van der Waals surface area contributed by atoms with E-state index in [2.05, 4.69) is 10.4 Å². The molecule has 1 atom stereocenters. The van der Waals surface area contributed by atoms with Gasteiger partial charge in [0.15, 0.2) is 5.54 Å². The summed E-state index contributed by atoms with van der Waals surface area (Å²) in [5.41, 5.74) is 0.504. The van der Waals surface area contributed by atoms with Gasteiger partial charge in [-0.3, -0.25) is 10.00 Å². The zero-order valence-electron chi connectivity index (χ0n) is 12.4. The second-order valence-corrected chi connectivity index (χ2v) is 5.13. The molecular weight excluding hydrogens is 266 g/mol. The van der Waals surface area contributed by atoms with Gasteiger partial charge in [-0.2, -0.15) is 5.10 Å². The van der Waals surface area contributed by atoms with Crippen LogP contribution >= 0.6 is 0 Å². The summed E-state index contributed by atoms with van der Waals surface area (Å²) in [5.74, 6) is -0.892. The fourth-order valence-electron chi connectivity index (χ4n) is 2.37. The van der Waals surface area contributed by atoms with Crippen LogP contribution in [0.25, 0.3) is 0 Å². The van der Waals surface area contributed by atoms with E-state index in [4.69, 9.17) is 0 Å². The molecule has 2 N–H and O–H groups in total. The molecule has 0 saturated carbocycles. The summed E-state index contributed by atoms with van der Waals surface area (Å²) in [6.07, 6.45) is 2.55. The molecule has 21 heavy (non-hydrogen) atoms. The number of carboxylic acid groups (broad SMARTS) is 1. The lowest BCUT2D eigenvalue weighted by molar-refractivity contribution is -0.146. The van der Waals surface area contributed by atoms with Crippen LogP contribution in [-0.4, -0.2) is 27.4 Å². The average molecular weight is 287 g/mol. The van der Waals surface area contributed by atoms with Crippen LogP contribution in [0.1, 0.15) is 24.6 Å². The van der Waals surface area contributed by atoms with E-state index in [9.17, 15) is 9.90 Å². The summed E-state index contributed by atoms with van der Waals surface area (Å²) < 4.78 is 1.73. The minimum Gasteiger partial charge on any atom is -0.480 e. The first-order chi connectivity index (χ1) is 10.1. The van der Waals surface area contributed by atoms with Crippen LogP contribution in [-0.2, 0) is 16.9 Å². The smallest absolute Gasteiger partial charge is 0.330 e. The summed E-state index contributed by atoms with van der Waals surface area (Å²) in [4.78, 5) is 12.1. The predicted octanol–water partition coefficient (Wildman–Crippen LogP) is 2.17. The van der Waals surface area contributed by atoms with Crippen LogP contribution in [0.15, 0.2) is 42.6 Å². The number of nitrogens with one attached hydrogen (secondary N) is 1. The van der Waals surface area contributed by atoms with Crippen molar-refractivity contribution in [1.82, 2.24) is 15.1 Å². The molecule has 0 bridgehead atoms. The van der Waals surface area contributed by atoms with Gasteiger partial charge in [-0.15, -0.1) is 0 Å². The quantitative estimate of drug-likeness (QED) is 0.819. The minimum absolute atomic E-state index is 0.255. The van der Waals surface area contributed by atoms with Gasteiger partial charge in [-0.25, -0.2) is 4.79 Å². The fraction of sp³-hybridized carbons (Fsp3) is 0.375. The zero-order chi connectivity index (χ0) is 15.3. The largest absolute Gasteiger partial charge is 0.480 e. The molecule has 1 aromatic heterocycles. The maximum Gasteiger partial charge on any atom is 0.330 e. The lowest BCUT2D eigenvalue weighted by Crippen LogP contribution is -2.52. The molecule has 1 aromatic carbocycles. The van der Waals surface area contributed by atoms with Gasteiger partial charge in [0.05, 0.1) is 6.54 Å². The van der Waals surface area contributed by atoms with Gasteiger partial charge in [0.25, 0.3) is 0 Å². The number of nitrogens with zero attached hydrogens (tertiary/aromatic N) is 2. The third-order valence-corrected chi connectivity index (χ3v) is 3.62. The highest BCUT2D eigenvalue weighted by Gasteiger charge is 2.40. The van der Waals surface area contributed by atoms with Crippen molar-refractivity contribution in [2.45, 2.75) is 32.4 Å². The molecule has 0 amide bonds. The SMILES string of the molecule is CCCNC(Cn1nccc1C)(C(=O)O)c1ccccc1. The van der Waals surface area contributed by atoms with Crippen LogP contribution in [0.3, 0.4) is 0 Å². The number of hydrogen-bond donors (Lipinski definition) is 2. The highest BCUT2D eigenvalue weighted by Crippen LogP contribution is 2.24. The second kappa shape index (κ2) is 6.54. The Labute approximate surface area is 124 Å². The molecule has 112 valence electrons. The molecule has 2 aromatic rings. The van der Waals surface area contributed by atoms with E-state index in [0.717, 1.165) is 17.7 Å². The topological polar surface area (TPSA) is 67.2 Å². The van der Waals surface area contributed by atoms with Crippen molar-refractivity contribution in [3.63, 3.8) is 0 Å². The molecular formula is C16H21N3O2. The first-order valence-corrected chi connectivity index (χ1v) is 7.12. The van der Waals surface area contributed by atoms with E-state index in [1.54, 1.807) is 10.9 Å². The predicted molar refractivity (Wildman–Crippen MR) is 81.0 cm³/mol. The summed E-state index contributed by atoms with van der Waals surface area (Å²) in [6, 6.07) is 11.2. The normalized spacial score (nSPS) is 13.8. The number of aromatic nitrogens is 2. The summed E-state index contributed by atoms with van der Waals surface area (Å²) in [7, 11) is 0. The number of hydrogen-bond acceptors (Lipinski definition) is 3. The Balaban J connectivity index is 2.45. The van der Waals surface area contributed by atoms with Gasteiger partial charge < -0.3 is 5.11 Å². The van der Waals surface area contributed by atoms with Gasteiger partial charge in [0, 0.05) is 11.9 Å². The highest BCUT2D eigenvalue weighted by atomic mass is 16.4. The third kappa shape index (κ3) is 3.13. The van der Waals surface area contributed by atoms with Gasteiger partial charge >= 0.3 is 5.97 Å². The van der Waals surface area contributed by atoms with E-state index in [0.29, 0.717) is 6.54 Å². The molecule has 0 aliphatic carbocycles. The van der Waals surface area contributed by atoms with Gasteiger partial charge in [-0.1, -0.05) is 37.3 Å². The van der Waals surface area contributed by atoms with Crippen LogP contribution < -0.4 is 5.32 Å². The van der Waals surface area contributed by atoms with Crippen molar-refractivity contribution in [3.05, 3.63) is 53.9 Å². The Hall–Kier alpha value is -2.14. The Morgan fingerprint density at radius 1 is 1.33 bits per heavy atom. The molecule has 1 unspecified atom stereocenters. The van der Waals surface area contributed by atoms with Crippen molar-refractivity contribution in [1.29, 1.82) is 0 Å². The van der Waals surface area contributed by atoms with E-state index in [1.807, 2.05) is 50.2 Å². The molecule has 0 aliphatic heterocycles. The van der Waals surface area contributed by atoms with Crippen LogP contribution in [0.2, 0.25) is 0 Å². The Morgan fingerprint density at radius 3 is 2.57 bits per heavy atom. The van der Waals surface area contributed by atoms with Crippen LogP contribution in [0.4, 0.5) is 0 Å². The molecule has 0 aliphatic rings. The van der Waals surface area contributed by atoms with Gasteiger partial charge in [0.2, 0.25) is 0 Å². The summed E-state index contributed by atoms with van der Waals surface area (Å²) >= 11 is 0. The third-order valence-electron chi connectivity index (χ3n) is 3.62. The second-order valence-electron chi connectivity index (χ2n) is 5.13. The zero-order valence-corrected chi connectivity index (χ0v) is 12.4. The molecule has 2 rings (SSSR count). The number of carbonyl (C=O) groups is 1. The Bertz CT molecular complexity index is 595. The fourth-order valence-corrected chi connectivity index (χ4v) is 2.37. The first kappa shape index (κ1) is 15.3. The maximum atomic E-state index is 12.1. The molecule has 1 heterocycles. The van der Waals surface area contributed by atoms with Crippen molar-refractivity contribution >= 4 is 5.97 Å². The van der Waals surface area contributed by atoms with E-state index < -0.39 is 11.5 Å². The monoisotopic (exact) mass is 287 g/mol. The van der Waals surface area contributed by atoms with Crippen LogP contribution in [0, 0.1) is 6.92 Å². The number of aryl methyl sites for hydroxylation is 1. The van der Waals surface area contributed by atoms with Crippen LogP contribution in [0.5, 0.6) is 0 Å². The highest BCUT2D eigenvalue weighted by molar-refractivity contribution is 5.80. The summed E-state index contributed by atoms with van der Waals surface area (Å²) in [5, 5.41) is 17.3. The van der Waals surface area contributed by atoms with Crippen molar-refractivity contribution in [2.24, 2.45) is 0 Å². The Morgan fingerprint density at radius 2 is 2.05 bits per heavy atom. The standard InChI is InChI=1S/C16H21N3O2/c1-3-10-17-16(15(20)21,14-7-5-4-6-8-14)12-19-13(2)9-11-18-19/h4-9,11,17H,3,10,12H2,1-2H3,(H,20,21). The van der Waals surface area contributed by atoms with E-state index in [1.165, 1.54) is 0 Å². The Kier molecular flexibility index (Phi) is 4.75. The molecule has 0 saturated heterocycles. The average Bonchev–Trinajstić information content (AvgIpc) is 2.89. The molecule has 5 heteroatoms.